The van der Waals surface area contributed by atoms with Crippen molar-refractivity contribution in [3.8, 4) is 0 Å². The van der Waals surface area contributed by atoms with Crippen molar-refractivity contribution in [1.29, 1.82) is 0 Å². The molecule has 2 rings (SSSR count). The highest BCUT2D eigenvalue weighted by molar-refractivity contribution is 5.85. The summed E-state index contributed by atoms with van der Waals surface area (Å²) in [5, 5.41) is 0. The Kier molecular flexibility index (Phi) is 5.53. The normalized spacial score (nSPS) is 10.3. The summed E-state index contributed by atoms with van der Waals surface area (Å²) in [7, 11) is 0. The van der Waals surface area contributed by atoms with Gasteiger partial charge in [0.15, 0.2) is 0 Å². The van der Waals surface area contributed by atoms with Gasteiger partial charge in [-0.15, -0.1) is 0 Å². The van der Waals surface area contributed by atoms with Gasteiger partial charge >= 0.3 is 5.97 Å². The molecule has 0 spiro atoms. The van der Waals surface area contributed by atoms with Gasteiger partial charge in [-0.05, 0) is 23.6 Å². The molecule has 0 aliphatic carbocycles. The zero-order valence-electron chi connectivity index (χ0n) is 12.0. The fourth-order valence-corrected chi connectivity index (χ4v) is 2.01. The lowest BCUT2D eigenvalue weighted by Crippen LogP contribution is -1.98. The van der Waals surface area contributed by atoms with E-state index in [-0.39, 0.29) is 5.97 Å². The summed E-state index contributed by atoms with van der Waals surface area (Å²) in [4.78, 5) is 11.4. The van der Waals surface area contributed by atoms with Crippen molar-refractivity contribution in [2.45, 2.75) is 6.92 Å². The third-order valence-corrected chi connectivity index (χ3v) is 2.95. The molecule has 0 unspecified atom stereocenters. The number of benzene rings is 2. The molecule has 2 aromatic carbocycles. The lowest BCUT2D eigenvalue weighted by Gasteiger charge is -2.07. The Hall–Kier alpha value is -2.61. The molecule has 2 aromatic rings. The molecule has 0 N–H and O–H groups in total. The number of allylic oxidation sites excluding steroid dienone is 2. The minimum absolute atomic E-state index is 0.325. The van der Waals surface area contributed by atoms with Crippen molar-refractivity contribution in [3.05, 3.63) is 90.0 Å². The number of carbonyl (C=O) groups excluding carboxylic acids is 1. The van der Waals surface area contributed by atoms with Gasteiger partial charge in [0.25, 0.3) is 0 Å². The van der Waals surface area contributed by atoms with Crippen molar-refractivity contribution in [3.63, 3.8) is 0 Å². The van der Waals surface area contributed by atoms with Crippen LogP contribution in [0.1, 0.15) is 18.1 Å². The summed E-state index contributed by atoms with van der Waals surface area (Å²) in [6.45, 7) is 2.18. The van der Waals surface area contributed by atoms with Crippen LogP contribution in [-0.2, 0) is 9.53 Å². The van der Waals surface area contributed by atoms with Crippen LogP contribution in [0.2, 0.25) is 0 Å². The van der Waals surface area contributed by atoms with E-state index in [4.69, 9.17) is 4.74 Å². The Balaban J connectivity index is 2.31. The molecule has 106 valence electrons. The summed E-state index contributed by atoms with van der Waals surface area (Å²) in [6, 6.07) is 20.2. The van der Waals surface area contributed by atoms with E-state index in [0.29, 0.717) is 6.61 Å². The third kappa shape index (κ3) is 4.46. The van der Waals surface area contributed by atoms with E-state index in [2.05, 4.69) is 24.3 Å². The average molecular weight is 278 g/mol. The first-order valence-electron chi connectivity index (χ1n) is 6.97. The first kappa shape index (κ1) is 14.8. The second-order valence-electron chi connectivity index (χ2n) is 4.42. The topological polar surface area (TPSA) is 26.3 Å². The SMILES string of the molecule is CCOC(=O)/C=C/C=C(c1ccccc1)c1ccccc1. The van der Waals surface area contributed by atoms with E-state index < -0.39 is 0 Å². The van der Waals surface area contributed by atoms with Crippen molar-refractivity contribution >= 4 is 11.5 Å². The fraction of sp³-hybridized carbons (Fsp3) is 0.105. The van der Waals surface area contributed by atoms with E-state index in [1.807, 2.05) is 42.5 Å². The summed E-state index contributed by atoms with van der Waals surface area (Å²) in [6.07, 6.45) is 5.10. The Bertz CT molecular complexity index is 584. The van der Waals surface area contributed by atoms with E-state index in [0.717, 1.165) is 16.7 Å². The molecule has 2 heteroatoms. The van der Waals surface area contributed by atoms with E-state index in [1.165, 1.54) is 6.08 Å². The first-order valence-corrected chi connectivity index (χ1v) is 6.97. The molecule has 2 nitrogen and oxygen atoms in total. The van der Waals surface area contributed by atoms with Crippen molar-refractivity contribution < 1.29 is 9.53 Å². The highest BCUT2D eigenvalue weighted by atomic mass is 16.5. The van der Waals surface area contributed by atoms with Crippen LogP contribution in [0, 0.1) is 0 Å². The van der Waals surface area contributed by atoms with Crippen LogP contribution >= 0.6 is 0 Å². The lowest BCUT2D eigenvalue weighted by molar-refractivity contribution is -0.137. The van der Waals surface area contributed by atoms with Gasteiger partial charge in [0.05, 0.1) is 6.61 Å². The molecule has 0 aliphatic heterocycles. The molecule has 21 heavy (non-hydrogen) atoms. The standard InChI is InChI=1S/C19H18O2/c1-2-21-19(20)15-9-14-18(16-10-5-3-6-11-16)17-12-7-4-8-13-17/h3-15H,2H2,1H3/b15-9+. The molecule has 0 radical (unpaired) electrons. The smallest absolute Gasteiger partial charge is 0.330 e. The van der Waals surface area contributed by atoms with Gasteiger partial charge in [-0.3, -0.25) is 0 Å². The Labute approximate surface area is 125 Å². The third-order valence-electron chi connectivity index (χ3n) is 2.95. The lowest BCUT2D eigenvalue weighted by atomic mass is 9.97. The quantitative estimate of drug-likeness (QED) is 0.464. The summed E-state index contributed by atoms with van der Waals surface area (Å²) in [5.41, 5.74) is 3.28. The monoisotopic (exact) mass is 278 g/mol. The molecule has 0 saturated heterocycles. The van der Waals surface area contributed by atoms with Gasteiger partial charge in [0, 0.05) is 6.08 Å². The zero-order valence-corrected chi connectivity index (χ0v) is 12.0. The number of hydrogen-bond acceptors (Lipinski definition) is 2. The number of esters is 1. The molecule has 0 aromatic heterocycles. The van der Waals surface area contributed by atoms with E-state index in [9.17, 15) is 4.79 Å². The minimum atomic E-state index is -0.325. The highest BCUT2D eigenvalue weighted by Gasteiger charge is 2.02. The van der Waals surface area contributed by atoms with Crippen LogP contribution in [0.3, 0.4) is 0 Å². The van der Waals surface area contributed by atoms with Crippen LogP contribution in [0.5, 0.6) is 0 Å². The van der Waals surface area contributed by atoms with Crippen LogP contribution in [0.4, 0.5) is 0 Å². The van der Waals surface area contributed by atoms with Crippen LogP contribution in [-0.4, -0.2) is 12.6 Å². The summed E-state index contributed by atoms with van der Waals surface area (Å²) in [5.74, 6) is -0.325. The molecule has 0 bridgehead atoms. The van der Waals surface area contributed by atoms with Gasteiger partial charge in [0.2, 0.25) is 0 Å². The molecule has 0 fully saturated rings. The molecular formula is C19H18O2. The van der Waals surface area contributed by atoms with Crippen molar-refractivity contribution in [2.75, 3.05) is 6.61 Å². The zero-order chi connectivity index (χ0) is 14.9. The maximum atomic E-state index is 11.4. The predicted octanol–water partition coefficient (Wildman–Crippen LogP) is 4.24. The van der Waals surface area contributed by atoms with Crippen molar-refractivity contribution in [1.82, 2.24) is 0 Å². The minimum Gasteiger partial charge on any atom is -0.463 e. The summed E-state index contributed by atoms with van der Waals surface area (Å²) < 4.78 is 4.88. The fourth-order valence-electron chi connectivity index (χ4n) is 2.01. The van der Waals surface area contributed by atoms with Gasteiger partial charge in [-0.1, -0.05) is 72.8 Å². The summed E-state index contributed by atoms with van der Waals surface area (Å²) >= 11 is 0. The van der Waals surface area contributed by atoms with Crippen LogP contribution in [0.15, 0.2) is 78.9 Å². The molecule has 0 atom stereocenters. The van der Waals surface area contributed by atoms with Crippen LogP contribution in [0.25, 0.3) is 5.57 Å². The number of carbonyl (C=O) groups is 1. The Morgan fingerprint density at radius 3 is 1.95 bits per heavy atom. The van der Waals surface area contributed by atoms with Gasteiger partial charge in [-0.2, -0.15) is 0 Å². The second-order valence-corrected chi connectivity index (χ2v) is 4.42. The van der Waals surface area contributed by atoms with Crippen molar-refractivity contribution in [2.24, 2.45) is 0 Å². The maximum Gasteiger partial charge on any atom is 0.330 e. The second kappa shape index (κ2) is 7.85. The highest BCUT2D eigenvalue weighted by Crippen LogP contribution is 2.23. The van der Waals surface area contributed by atoms with Crippen LogP contribution < -0.4 is 0 Å². The maximum absolute atomic E-state index is 11.4. The molecule has 0 amide bonds. The molecule has 0 aliphatic rings. The average Bonchev–Trinajstić information content (AvgIpc) is 2.53. The molecule has 0 saturated carbocycles. The molecular weight excluding hydrogens is 260 g/mol. The van der Waals surface area contributed by atoms with Gasteiger partial charge in [0.1, 0.15) is 0 Å². The number of hydrogen-bond donors (Lipinski definition) is 0. The Morgan fingerprint density at radius 2 is 1.48 bits per heavy atom. The van der Waals surface area contributed by atoms with Gasteiger partial charge in [-0.25, -0.2) is 4.79 Å². The molecule has 0 heterocycles. The number of ether oxygens (including phenoxy) is 1. The first-order chi connectivity index (χ1) is 10.3. The largest absolute Gasteiger partial charge is 0.463 e. The predicted molar refractivity (Wildman–Crippen MR) is 85.7 cm³/mol. The number of rotatable bonds is 5. The van der Waals surface area contributed by atoms with E-state index in [1.54, 1.807) is 13.0 Å². The Morgan fingerprint density at radius 1 is 0.952 bits per heavy atom. The van der Waals surface area contributed by atoms with Gasteiger partial charge < -0.3 is 4.74 Å². The van der Waals surface area contributed by atoms with E-state index >= 15 is 0 Å².